The molecule has 29 heavy (non-hydrogen) atoms. The monoisotopic (exact) mass is 422 g/mol. The fraction of sp³-hybridized carbons (Fsp3) is 0.381. The summed E-state index contributed by atoms with van der Waals surface area (Å²) >= 11 is 0. The highest BCUT2D eigenvalue weighted by molar-refractivity contribution is 7.91. The van der Waals surface area contributed by atoms with Crippen LogP contribution in [0.5, 0.6) is 0 Å². The van der Waals surface area contributed by atoms with E-state index in [0.717, 1.165) is 24.2 Å². The first kappa shape index (κ1) is 21.4. The van der Waals surface area contributed by atoms with Crippen LogP contribution in [-0.2, 0) is 21.2 Å². The molecule has 8 heteroatoms. The highest BCUT2D eigenvalue weighted by atomic mass is 32.2. The molecule has 3 rings (SSSR count). The Labute approximate surface area is 169 Å². The van der Waals surface area contributed by atoms with Gasteiger partial charge in [-0.05, 0) is 48.6 Å². The van der Waals surface area contributed by atoms with Gasteiger partial charge in [-0.3, -0.25) is 9.69 Å². The number of halogens is 2. The molecule has 156 valence electrons. The van der Waals surface area contributed by atoms with Gasteiger partial charge in [0.25, 0.3) is 0 Å². The summed E-state index contributed by atoms with van der Waals surface area (Å²) in [5, 5.41) is 2.71. The highest BCUT2D eigenvalue weighted by Crippen LogP contribution is 2.27. The van der Waals surface area contributed by atoms with E-state index in [9.17, 15) is 22.0 Å². The van der Waals surface area contributed by atoms with Crippen molar-refractivity contribution in [3.05, 3.63) is 60.2 Å². The number of hydrogen-bond acceptors (Lipinski definition) is 4. The number of nitrogens with zero attached hydrogens (tertiary/aromatic N) is 1. The third kappa shape index (κ3) is 5.83. The molecule has 1 fully saturated rings. The van der Waals surface area contributed by atoms with Crippen LogP contribution in [0.15, 0.2) is 59.5 Å². The van der Waals surface area contributed by atoms with E-state index in [0.29, 0.717) is 18.2 Å². The Bertz CT molecular complexity index is 915. The molecule has 0 heterocycles. The molecule has 1 aliphatic carbocycles. The van der Waals surface area contributed by atoms with Gasteiger partial charge in [-0.2, -0.15) is 8.78 Å². The molecule has 2 aromatic carbocycles. The summed E-state index contributed by atoms with van der Waals surface area (Å²) in [6.45, 7) is 1.70. The lowest BCUT2D eigenvalue weighted by atomic mass is 9.85. The Morgan fingerprint density at radius 1 is 1.07 bits per heavy atom. The number of carbonyl (C=O) groups excluding carboxylic acids is 1. The van der Waals surface area contributed by atoms with Gasteiger partial charge in [0.15, 0.2) is 0 Å². The van der Waals surface area contributed by atoms with Crippen molar-refractivity contribution >= 4 is 21.4 Å². The summed E-state index contributed by atoms with van der Waals surface area (Å²) in [7, 11) is -4.64. The van der Waals surface area contributed by atoms with Gasteiger partial charge in [0.1, 0.15) is 0 Å². The summed E-state index contributed by atoms with van der Waals surface area (Å²) in [5.41, 5.74) is 1.49. The maximum atomic E-state index is 12.6. The third-order valence-corrected chi connectivity index (χ3v) is 6.46. The number of carbonyl (C=O) groups is 1. The number of hydrogen-bond donors (Lipinski definition) is 1. The predicted molar refractivity (Wildman–Crippen MR) is 107 cm³/mol. The lowest BCUT2D eigenvalue weighted by molar-refractivity contribution is -0.117. The van der Waals surface area contributed by atoms with Crippen molar-refractivity contribution in [1.29, 1.82) is 0 Å². The molecule has 0 unspecified atom stereocenters. The van der Waals surface area contributed by atoms with E-state index in [-0.39, 0.29) is 12.5 Å². The number of benzene rings is 2. The fourth-order valence-corrected chi connectivity index (χ4v) is 4.02. The van der Waals surface area contributed by atoms with Crippen molar-refractivity contribution in [2.24, 2.45) is 5.92 Å². The van der Waals surface area contributed by atoms with Crippen LogP contribution in [0.3, 0.4) is 0 Å². The van der Waals surface area contributed by atoms with Gasteiger partial charge in [-0.25, -0.2) is 8.42 Å². The number of nitrogens with one attached hydrogen (secondary N) is 1. The molecule has 1 amide bonds. The van der Waals surface area contributed by atoms with Crippen molar-refractivity contribution < 1.29 is 22.0 Å². The molecule has 1 aliphatic rings. The van der Waals surface area contributed by atoms with Crippen LogP contribution in [0.2, 0.25) is 0 Å². The quantitative estimate of drug-likeness (QED) is 0.665. The van der Waals surface area contributed by atoms with Crippen molar-refractivity contribution in [3.63, 3.8) is 0 Å². The van der Waals surface area contributed by atoms with Crippen LogP contribution in [0.1, 0.15) is 24.8 Å². The van der Waals surface area contributed by atoms with Gasteiger partial charge < -0.3 is 5.32 Å². The maximum absolute atomic E-state index is 12.6. The van der Waals surface area contributed by atoms with E-state index in [2.05, 4.69) is 10.2 Å². The van der Waals surface area contributed by atoms with Crippen LogP contribution in [0, 0.1) is 5.92 Å². The molecule has 0 atom stereocenters. The summed E-state index contributed by atoms with van der Waals surface area (Å²) in [4.78, 5) is 14.1. The number of amides is 1. The van der Waals surface area contributed by atoms with Crippen molar-refractivity contribution in [1.82, 2.24) is 4.90 Å². The minimum Gasteiger partial charge on any atom is -0.325 e. The zero-order valence-electron chi connectivity index (χ0n) is 15.9. The summed E-state index contributed by atoms with van der Waals surface area (Å²) in [6, 6.07) is 14.7. The molecule has 1 saturated carbocycles. The maximum Gasteiger partial charge on any atom is 0.341 e. The van der Waals surface area contributed by atoms with Crippen LogP contribution in [0.4, 0.5) is 14.5 Å². The Kier molecular flexibility index (Phi) is 6.97. The smallest absolute Gasteiger partial charge is 0.325 e. The second kappa shape index (κ2) is 9.45. The fourth-order valence-electron chi connectivity index (χ4n) is 3.30. The van der Waals surface area contributed by atoms with Gasteiger partial charge >= 0.3 is 5.76 Å². The third-order valence-electron chi connectivity index (χ3n) is 5.06. The molecule has 0 spiro atoms. The van der Waals surface area contributed by atoms with Gasteiger partial charge in [0, 0.05) is 18.8 Å². The zero-order chi connectivity index (χ0) is 20.9. The molecule has 0 radical (unpaired) electrons. The number of sulfone groups is 1. The Balaban J connectivity index is 1.61. The van der Waals surface area contributed by atoms with Gasteiger partial charge in [0.2, 0.25) is 15.7 Å². The lowest BCUT2D eigenvalue weighted by Crippen LogP contribution is -2.37. The van der Waals surface area contributed by atoms with E-state index in [4.69, 9.17) is 0 Å². The van der Waals surface area contributed by atoms with Crippen molar-refractivity contribution in [2.75, 3.05) is 18.4 Å². The lowest BCUT2D eigenvalue weighted by Gasteiger charge is -2.32. The van der Waals surface area contributed by atoms with E-state index < -0.39 is 20.5 Å². The Hall–Kier alpha value is -2.32. The number of rotatable bonds is 9. The van der Waals surface area contributed by atoms with Crippen LogP contribution in [0.25, 0.3) is 0 Å². The summed E-state index contributed by atoms with van der Waals surface area (Å²) < 4.78 is 48.2. The summed E-state index contributed by atoms with van der Waals surface area (Å²) in [6.07, 6.45) is 3.57. The van der Waals surface area contributed by atoms with Crippen LogP contribution >= 0.6 is 0 Å². The SMILES string of the molecule is O=C(CN(Cc1ccccc1)CC1CCC1)Nc1ccc(S(=O)(=O)C(F)F)cc1. The topological polar surface area (TPSA) is 66.5 Å². The minimum absolute atomic E-state index is 0.197. The first-order chi connectivity index (χ1) is 13.8. The second-order valence-electron chi connectivity index (χ2n) is 7.33. The molecule has 1 N–H and O–H groups in total. The van der Waals surface area contributed by atoms with E-state index >= 15 is 0 Å². The molecule has 0 bridgehead atoms. The zero-order valence-corrected chi connectivity index (χ0v) is 16.7. The van der Waals surface area contributed by atoms with Gasteiger partial charge in [-0.1, -0.05) is 36.8 Å². The normalized spacial score (nSPS) is 14.8. The van der Waals surface area contributed by atoms with E-state index in [1.54, 1.807) is 0 Å². The Morgan fingerprint density at radius 2 is 1.72 bits per heavy atom. The number of anilines is 1. The standard InChI is InChI=1S/C21H24F2N2O3S/c22-21(23)29(27,28)19-11-9-18(10-12-19)24-20(26)15-25(14-17-7-4-8-17)13-16-5-2-1-3-6-16/h1-3,5-6,9-12,17,21H,4,7-8,13-15H2,(H,24,26). The average molecular weight is 422 g/mol. The highest BCUT2D eigenvalue weighted by Gasteiger charge is 2.26. The predicted octanol–water partition coefficient (Wildman–Crippen LogP) is 3.92. The summed E-state index contributed by atoms with van der Waals surface area (Å²) in [5.74, 6) is -3.10. The van der Waals surface area contributed by atoms with Crippen molar-refractivity contribution in [3.8, 4) is 0 Å². The largest absolute Gasteiger partial charge is 0.341 e. The van der Waals surface area contributed by atoms with E-state index in [1.807, 2.05) is 30.3 Å². The minimum atomic E-state index is -4.64. The van der Waals surface area contributed by atoms with Gasteiger partial charge in [0.05, 0.1) is 11.4 Å². The molecule has 5 nitrogen and oxygen atoms in total. The number of alkyl halides is 2. The molecule has 0 saturated heterocycles. The Morgan fingerprint density at radius 3 is 2.28 bits per heavy atom. The van der Waals surface area contributed by atoms with E-state index in [1.165, 1.54) is 31.4 Å². The molecule has 0 aliphatic heterocycles. The van der Waals surface area contributed by atoms with Crippen molar-refractivity contribution in [2.45, 2.75) is 36.5 Å². The second-order valence-corrected chi connectivity index (χ2v) is 9.25. The molecular weight excluding hydrogens is 398 g/mol. The molecule has 0 aromatic heterocycles. The first-order valence-corrected chi connectivity index (χ1v) is 11.1. The van der Waals surface area contributed by atoms with Crippen LogP contribution in [-0.4, -0.2) is 38.1 Å². The molecular formula is C21H24F2N2O3S. The first-order valence-electron chi connectivity index (χ1n) is 9.53. The molecule has 2 aromatic rings. The van der Waals surface area contributed by atoms with Crippen LogP contribution < -0.4 is 5.32 Å². The average Bonchev–Trinajstić information content (AvgIpc) is 2.65. The van der Waals surface area contributed by atoms with Gasteiger partial charge in [-0.15, -0.1) is 0 Å².